The first-order valence-electron chi connectivity index (χ1n) is 5.30. The smallest absolute Gasteiger partial charge is 0.0992 e. The number of halogens is 1. The van der Waals surface area contributed by atoms with E-state index in [2.05, 4.69) is 11.4 Å². The third-order valence-electron chi connectivity index (χ3n) is 2.67. The van der Waals surface area contributed by atoms with Crippen molar-refractivity contribution in [1.29, 1.82) is 5.26 Å². The topological polar surface area (TPSA) is 45.0 Å². The van der Waals surface area contributed by atoms with Crippen LogP contribution in [0.1, 0.15) is 17.5 Å². The van der Waals surface area contributed by atoms with E-state index in [1.165, 1.54) is 0 Å². The van der Waals surface area contributed by atoms with Gasteiger partial charge in [0.25, 0.3) is 0 Å². The van der Waals surface area contributed by atoms with Crippen LogP contribution >= 0.6 is 11.6 Å². The molecule has 1 heterocycles. The first kappa shape index (κ1) is 11.4. The van der Waals surface area contributed by atoms with Crippen molar-refractivity contribution in [2.24, 2.45) is 0 Å². The predicted octanol–water partition coefficient (Wildman–Crippen LogP) is 2.09. The third kappa shape index (κ3) is 2.73. The van der Waals surface area contributed by atoms with E-state index in [4.69, 9.17) is 21.6 Å². The van der Waals surface area contributed by atoms with Crippen molar-refractivity contribution < 1.29 is 4.74 Å². The Morgan fingerprint density at radius 2 is 2.44 bits per heavy atom. The fourth-order valence-electron chi connectivity index (χ4n) is 1.71. The van der Waals surface area contributed by atoms with Crippen LogP contribution in [-0.2, 0) is 11.3 Å². The monoisotopic (exact) mass is 236 g/mol. The molecule has 0 bridgehead atoms. The van der Waals surface area contributed by atoms with Crippen molar-refractivity contribution in [1.82, 2.24) is 5.32 Å². The van der Waals surface area contributed by atoms with Gasteiger partial charge < -0.3 is 10.1 Å². The van der Waals surface area contributed by atoms with Gasteiger partial charge in [-0.3, -0.25) is 0 Å². The van der Waals surface area contributed by atoms with Crippen molar-refractivity contribution in [3.63, 3.8) is 0 Å². The van der Waals surface area contributed by atoms with Crippen LogP contribution in [0.3, 0.4) is 0 Å². The van der Waals surface area contributed by atoms with Crippen LogP contribution in [0, 0.1) is 11.3 Å². The average Bonchev–Trinajstić information content (AvgIpc) is 2.80. The molecule has 4 heteroatoms. The van der Waals surface area contributed by atoms with E-state index in [1.54, 1.807) is 12.1 Å². The van der Waals surface area contributed by atoms with Crippen molar-refractivity contribution in [2.75, 3.05) is 13.1 Å². The van der Waals surface area contributed by atoms with Crippen molar-refractivity contribution in [2.45, 2.75) is 19.1 Å². The fraction of sp³-hybridized carbons (Fsp3) is 0.417. The van der Waals surface area contributed by atoms with Crippen LogP contribution < -0.4 is 5.32 Å². The Hall–Kier alpha value is -1.08. The molecule has 0 radical (unpaired) electrons. The maximum Gasteiger partial charge on any atom is 0.0992 e. The fourth-order valence-corrected chi connectivity index (χ4v) is 1.95. The molecule has 1 aliphatic heterocycles. The van der Waals surface area contributed by atoms with Crippen molar-refractivity contribution in [3.8, 4) is 6.07 Å². The Balaban J connectivity index is 1.96. The van der Waals surface area contributed by atoms with E-state index in [9.17, 15) is 0 Å². The zero-order valence-electron chi connectivity index (χ0n) is 8.87. The molecule has 1 aromatic rings. The van der Waals surface area contributed by atoms with Crippen LogP contribution in [0.4, 0.5) is 0 Å². The molecule has 16 heavy (non-hydrogen) atoms. The number of ether oxygens (including phenoxy) is 1. The third-order valence-corrected chi connectivity index (χ3v) is 3.02. The summed E-state index contributed by atoms with van der Waals surface area (Å²) >= 11 is 6.05. The first-order valence-corrected chi connectivity index (χ1v) is 5.68. The summed E-state index contributed by atoms with van der Waals surface area (Å²) in [6.45, 7) is 2.44. The first-order chi connectivity index (χ1) is 7.79. The summed E-state index contributed by atoms with van der Waals surface area (Å²) in [5.41, 5.74) is 1.52. The molecule has 1 aliphatic rings. The quantitative estimate of drug-likeness (QED) is 0.874. The molecule has 1 fully saturated rings. The minimum Gasteiger partial charge on any atom is -0.372 e. The van der Waals surface area contributed by atoms with Gasteiger partial charge >= 0.3 is 0 Å². The number of nitriles is 1. The van der Waals surface area contributed by atoms with Gasteiger partial charge in [-0.1, -0.05) is 17.7 Å². The Kier molecular flexibility index (Phi) is 3.79. The van der Waals surface area contributed by atoms with Gasteiger partial charge in [0.05, 0.1) is 24.3 Å². The zero-order chi connectivity index (χ0) is 11.4. The van der Waals surface area contributed by atoms with Gasteiger partial charge in [-0.2, -0.15) is 5.26 Å². The lowest BCUT2D eigenvalue weighted by atomic mass is 10.1. The minimum atomic E-state index is 0.284. The number of nitrogens with one attached hydrogen (secondary N) is 1. The minimum absolute atomic E-state index is 0.284. The van der Waals surface area contributed by atoms with Crippen molar-refractivity contribution >= 4 is 11.6 Å². The molecule has 1 atom stereocenters. The highest BCUT2D eigenvalue weighted by Gasteiger charge is 2.15. The highest BCUT2D eigenvalue weighted by atomic mass is 35.5. The number of hydrogen-bond donors (Lipinski definition) is 1. The van der Waals surface area contributed by atoms with Crippen molar-refractivity contribution in [3.05, 3.63) is 34.3 Å². The highest BCUT2D eigenvalue weighted by Crippen LogP contribution is 2.19. The van der Waals surface area contributed by atoms with E-state index >= 15 is 0 Å². The number of benzene rings is 1. The Bertz CT molecular complexity index is 408. The van der Waals surface area contributed by atoms with Gasteiger partial charge in [0.2, 0.25) is 0 Å². The molecule has 2 rings (SSSR count). The van der Waals surface area contributed by atoms with Crippen LogP contribution in [0.15, 0.2) is 18.2 Å². The van der Waals surface area contributed by atoms with Crippen LogP contribution in [0.2, 0.25) is 5.02 Å². The van der Waals surface area contributed by atoms with Gasteiger partial charge in [-0.05, 0) is 30.7 Å². The second-order valence-electron chi connectivity index (χ2n) is 3.84. The lowest BCUT2D eigenvalue weighted by molar-refractivity contribution is 0.0543. The molecular weight excluding hydrogens is 224 g/mol. The number of nitrogens with zero attached hydrogens (tertiary/aromatic N) is 1. The molecule has 84 valence electrons. The van der Waals surface area contributed by atoms with Gasteiger partial charge in [0.1, 0.15) is 0 Å². The SMILES string of the molecule is N#Cc1ccc(COC2CCNC2)c(Cl)c1. The molecule has 1 saturated heterocycles. The molecule has 1 aromatic carbocycles. The van der Waals surface area contributed by atoms with Gasteiger partial charge in [0, 0.05) is 11.6 Å². The van der Waals surface area contributed by atoms with Gasteiger partial charge in [-0.15, -0.1) is 0 Å². The summed E-state index contributed by atoms with van der Waals surface area (Å²) in [7, 11) is 0. The van der Waals surface area contributed by atoms with Crippen LogP contribution in [0.5, 0.6) is 0 Å². The lowest BCUT2D eigenvalue weighted by Crippen LogP contribution is -2.16. The van der Waals surface area contributed by atoms with Crippen LogP contribution in [-0.4, -0.2) is 19.2 Å². The molecule has 0 aliphatic carbocycles. The standard InChI is InChI=1S/C12H13ClN2O/c13-12-5-9(6-14)1-2-10(12)8-16-11-3-4-15-7-11/h1-2,5,11,15H,3-4,7-8H2. The lowest BCUT2D eigenvalue weighted by Gasteiger charge is -2.11. The molecule has 1 unspecified atom stereocenters. The second-order valence-corrected chi connectivity index (χ2v) is 4.25. The van der Waals surface area contributed by atoms with E-state index in [-0.39, 0.29) is 6.10 Å². The molecule has 0 aromatic heterocycles. The molecular formula is C12H13ClN2O. The van der Waals surface area contributed by atoms with E-state index in [0.717, 1.165) is 25.1 Å². The summed E-state index contributed by atoms with van der Waals surface area (Å²) in [6.07, 6.45) is 1.33. The van der Waals surface area contributed by atoms with Gasteiger partial charge in [0.15, 0.2) is 0 Å². The molecule has 0 saturated carbocycles. The molecule has 3 nitrogen and oxygen atoms in total. The second kappa shape index (κ2) is 5.31. The van der Waals surface area contributed by atoms with Gasteiger partial charge in [-0.25, -0.2) is 0 Å². The zero-order valence-corrected chi connectivity index (χ0v) is 9.63. The average molecular weight is 237 g/mol. The maximum absolute atomic E-state index is 8.71. The summed E-state index contributed by atoms with van der Waals surface area (Å²) in [5, 5.41) is 12.5. The normalized spacial score (nSPS) is 19.6. The largest absolute Gasteiger partial charge is 0.372 e. The summed E-state index contributed by atoms with van der Waals surface area (Å²) in [6, 6.07) is 7.34. The highest BCUT2D eigenvalue weighted by molar-refractivity contribution is 6.31. The van der Waals surface area contributed by atoms with E-state index in [0.29, 0.717) is 17.2 Å². The predicted molar refractivity (Wildman–Crippen MR) is 62.2 cm³/mol. The Morgan fingerprint density at radius 1 is 1.56 bits per heavy atom. The number of hydrogen-bond acceptors (Lipinski definition) is 3. The Labute approximate surface area is 100.0 Å². The maximum atomic E-state index is 8.71. The molecule has 0 amide bonds. The van der Waals surface area contributed by atoms with E-state index < -0.39 is 0 Å². The van der Waals surface area contributed by atoms with E-state index in [1.807, 2.05) is 6.07 Å². The summed E-state index contributed by atoms with van der Waals surface area (Å²) < 4.78 is 5.71. The summed E-state index contributed by atoms with van der Waals surface area (Å²) in [4.78, 5) is 0. The van der Waals surface area contributed by atoms with Crippen LogP contribution in [0.25, 0.3) is 0 Å². The molecule has 0 spiro atoms. The number of rotatable bonds is 3. The summed E-state index contributed by atoms with van der Waals surface area (Å²) in [5.74, 6) is 0. The Morgan fingerprint density at radius 3 is 3.06 bits per heavy atom. The molecule has 1 N–H and O–H groups in total.